The predicted molar refractivity (Wildman–Crippen MR) is 76.6 cm³/mol. The smallest absolute Gasteiger partial charge is 0.0466 e. The molecule has 18 heavy (non-hydrogen) atoms. The summed E-state index contributed by atoms with van der Waals surface area (Å²) in [7, 11) is 0. The van der Waals surface area contributed by atoms with Crippen molar-refractivity contribution in [3.05, 3.63) is 48.0 Å². The molecule has 0 spiro atoms. The van der Waals surface area contributed by atoms with E-state index in [1.807, 2.05) is 6.92 Å². The van der Waals surface area contributed by atoms with Crippen molar-refractivity contribution in [2.75, 3.05) is 13.2 Å². The summed E-state index contributed by atoms with van der Waals surface area (Å²) in [5, 5.41) is 2.53. The lowest BCUT2D eigenvalue weighted by Crippen LogP contribution is -2.11. The fraction of sp³-hybridized carbons (Fsp3) is 0.375. The number of nitrogens with two attached hydrogens (primary N) is 1. The second kappa shape index (κ2) is 6.53. The first-order valence-corrected chi connectivity index (χ1v) is 6.63. The van der Waals surface area contributed by atoms with Crippen molar-refractivity contribution in [1.29, 1.82) is 0 Å². The molecule has 0 saturated heterocycles. The number of rotatable bonds is 6. The fourth-order valence-corrected chi connectivity index (χ4v) is 2.15. The fourth-order valence-electron chi connectivity index (χ4n) is 2.15. The van der Waals surface area contributed by atoms with Crippen LogP contribution in [0.4, 0.5) is 0 Å². The van der Waals surface area contributed by atoms with Crippen molar-refractivity contribution in [1.82, 2.24) is 0 Å². The summed E-state index contributed by atoms with van der Waals surface area (Å²) in [6, 6.07) is 15.0. The second-order valence-corrected chi connectivity index (χ2v) is 4.55. The van der Waals surface area contributed by atoms with Gasteiger partial charge in [0.25, 0.3) is 0 Å². The van der Waals surface area contributed by atoms with E-state index in [0.717, 1.165) is 26.1 Å². The highest BCUT2D eigenvalue weighted by molar-refractivity contribution is 5.83. The van der Waals surface area contributed by atoms with Gasteiger partial charge in [-0.1, -0.05) is 36.4 Å². The average Bonchev–Trinajstić information content (AvgIpc) is 2.43. The van der Waals surface area contributed by atoms with Gasteiger partial charge in [-0.25, -0.2) is 0 Å². The van der Waals surface area contributed by atoms with Crippen LogP contribution in [-0.2, 0) is 4.74 Å². The lowest BCUT2D eigenvalue weighted by Gasteiger charge is -2.12. The van der Waals surface area contributed by atoms with Crippen LogP contribution in [0, 0.1) is 0 Å². The minimum Gasteiger partial charge on any atom is -0.382 e. The summed E-state index contributed by atoms with van der Waals surface area (Å²) in [4.78, 5) is 0. The Morgan fingerprint density at radius 1 is 1.11 bits per heavy atom. The Hall–Kier alpha value is -1.38. The monoisotopic (exact) mass is 243 g/mol. The molecule has 0 bridgehead atoms. The Bertz CT molecular complexity index is 495. The third kappa shape index (κ3) is 3.31. The molecule has 0 radical (unpaired) electrons. The van der Waals surface area contributed by atoms with Gasteiger partial charge in [0, 0.05) is 19.3 Å². The van der Waals surface area contributed by atoms with E-state index >= 15 is 0 Å². The van der Waals surface area contributed by atoms with Gasteiger partial charge in [0.15, 0.2) is 0 Å². The molecule has 0 aliphatic carbocycles. The molecule has 1 unspecified atom stereocenters. The number of hydrogen-bond acceptors (Lipinski definition) is 2. The zero-order valence-electron chi connectivity index (χ0n) is 10.9. The van der Waals surface area contributed by atoms with E-state index < -0.39 is 0 Å². The van der Waals surface area contributed by atoms with E-state index in [2.05, 4.69) is 42.5 Å². The lowest BCUT2D eigenvalue weighted by molar-refractivity contribution is 0.142. The van der Waals surface area contributed by atoms with E-state index in [1.54, 1.807) is 0 Å². The molecule has 0 aliphatic heterocycles. The van der Waals surface area contributed by atoms with Crippen LogP contribution in [0.25, 0.3) is 10.8 Å². The van der Waals surface area contributed by atoms with Crippen molar-refractivity contribution in [2.24, 2.45) is 5.73 Å². The molecule has 0 aliphatic rings. The molecule has 2 heteroatoms. The topological polar surface area (TPSA) is 35.2 Å². The molecule has 2 aromatic carbocycles. The van der Waals surface area contributed by atoms with Crippen LogP contribution in [0.5, 0.6) is 0 Å². The van der Waals surface area contributed by atoms with Crippen LogP contribution in [-0.4, -0.2) is 13.2 Å². The minimum atomic E-state index is 0.107. The van der Waals surface area contributed by atoms with Crippen LogP contribution in [0.3, 0.4) is 0 Å². The highest BCUT2D eigenvalue weighted by Crippen LogP contribution is 2.21. The zero-order chi connectivity index (χ0) is 12.8. The van der Waals surface area contributed by atoms with Gasteiger partial charge in [-0.15, -0.1) is 0 Å². The number of ether oxygens (including phenoxy) is 1. The largest absolute Gasteiger partial charge is 0.382 e. The lowest BCUT2D eigenvalue weighted by atomic mass is 9.99. The van der Waals surface area contributed by atoms with Gasteiger partial charge in [0.1, 0.15) is 0 Å². The SMILES string of the molecule is CCOCCCC(N)c1ccc2ccccc2c1. The number of hydrogen-bond donors (Lipinski definition) is 1. The van der Waals surface area contributed by atoms with Gasteiger partial charge >= 0.3 is 0 Å². The van der Waals surface area contributed by atoms with Gasteiger partial charge in [0.2, 0.25) is 0 Å². The maximum absolute atomic E-state index is 6.21. The van der Waals surface area contributed by atoms with Gasteiger partial charge in [-0.05, 0) is 42.2 Å². The molecule has 0 amide bonds. The van der Waals surface area contributed by atoms with Crippen molar-refractivity contribution in [3.8, 4) is 0 Å². The molecule has 2 nitrogen and oxygen atoms in total. The second-order valence-electron chi connectivity index (χ2n) is 4.55. The summed E-state index contributed by atoms with van der Waals surface area (Å²) in [5.41, 5.74) is 7.43. The molecule has 2 aromatic rings. The van der Waals surface area contributed by atoms with Gasteiger partial charge < -0.3 is 10.5 Å². The zero-order valence-corrected chi connectivity index (χ0v) is 10.9. The Labute approximate surface area is 109 Å². The molecular formula is C16H21NO. The third-order valence-corrected chi connectivity index (χ3v) is 3.21. The first kappa shape index (κ1) is 13.1. The van der Waals surface area contributed by atoms with E-state index in [1.165, 1.54) is 16.3 Å². The molecule has 0 saturated carbocycles. The van der Waals surface area contributed by atoms with Gasteiger partial charge in [-0.3, -0.25) is 0 Å². The van der Waals surface area contributed by atoms with Crippen molar-refractivity contribution >= 4 is 10.8 Å². The Kier molecular flexibility index (Phi) is 4.73. The van der Waals surface area contributed by atoms with Gasteiger partial charge in [-0.2, -0.15) is 0 Å². The molecule has 2 N–H and O–H groups in total. The van der Waals surface area contributed by atoms with Crippen LogP contribution in [0.2, 0.25) is 0 Å². The summed E-state index contributed by atoms with van der Waals surface area (Å²) in [6.45, 7) is 3.60. The number of benzene rings is 2. The summed E-state index contributed by atoms with van der Waals surface area (Å²) in [5.74, 6) is 0. The summed E-state index contributed by atoms with van der Waals surface area (Å²) in [6.07, 6.45) is 1.99. The average molecular weight is 243 g/mol. The minimum absolute atomic E-state index is 0.107. The molecule has 0 aromatic heterocycles. The van der Waals surface area contributed by atoms with E-state index in [9.17, 15) is 0 Å². The molecular weight excluding hydrogens is 222 g/mol. The Morgan fingerprint density at radius 3 is 2.67 bits per heavy atom. The molecule has 96 valence electrons. The normalized spacial score (nSPS) is 12.8. The van der Waals surface area contributed by atoms with Crippen LogP contribution >= 0.6 is 0 Å². The van der Waals surface area contributed by atoms with Crippen molar-refractivity contribution in [3.63, 3.8) is 0 Å². The Balaban J connectivity index is 2.01. The Morgan fingerprint density at radius 2 is 1.89 bits per heavy atom. The first-order chi connectivity index (χ1) is 8.81. The predicted octanol–water partition coefficient (Wildman–Crippen LogP) is 3.66. The van der Waals surface area contributed by atoms with E-state index in [0.29, 0.717) is 0 Å². The highest BCUT2D eigenvalue weighted by atomic mass is 16.5. The van der Waals surface area contributed by atoms with E-state index in [4.69, 9.17) is 10.5 Å². The van der Waals surface area contributed by atoms with Gasteiger partial charge in [0.05, 0.1) is 0 Å². The third-order valence-electron chi connectivity index (χ3n) is 3.21. The molecule has 1 atom stereocenters. The molecule has 0 heterocycles. The van der Waals surface area contributed by atoms with Crippen LogP contribution < -0.4 is 5.73 Å². The molecule has 0 fully saturated rings. The van der Waals surface area contributed by atoms with E-state index in [-0.39, 0.29) is 6.04 Å². The first-order valence-electron chi connectivity index (χ1n) is 6.63. The summed E-state index contributed by atoms with van der Waals surface area (Å²) >= 11 is 0. The summed E-state index contributed by atoms with van der Waals surface area (Å²) < 4.78 is 5.33. The maximum Gasteiger partial charge on any atom is 0.0466 e. The van der Waals surface area contributed by atoms with Crippen molar-refractivity contribution < 1.29 is 4.74 Å². The molecule has 2 rings (SSSR count). The standard InChI is InChI=1S/C16H21NO/c1-2-18-11-5-8-16(17)15-10-9-13-6-3-4-7-14(13)12-15/h3-4,6-7,9-10,12,16H,2,5,8,11,17H2,1H3. The quantitative estimate of drug-likeness (QED) is 0.786. The maximum atomic E-state index is 6.21. The van der Waals surface area contributed by atoms with Crippen LogP contribution in [0.15, 0.2) is 42.5 Å². The van der Waals surface area contributed by atoms with Crippen LogP contribution in [0.1, 0.15) is 31.4 Å². The number of fused-ring (bicyclic) bond motifs is 1. The van der Waals surface area contributed by atoms with Crippen molar-refractivity contribution in [2.45, 2.75) is 25.8 Å². The highest BCUT2D eigenvalue weighted by Gasteiger charge is 2.06.